The molecule has 9 heteroatoms. The summed E-state index contributed by atoms with van der Waals surface area (Å²) in [7, 11) is -2.70. The van der Waals surface area contributed by atoms with Crippen LogP contribution in [0.4, 0.5) is 5.13 Å². The van der Waals surface area contributed by atoms with Crippen molar-refractivity contribution in [3.05, 3.63) is 100 Å². The van der Waals surface area contributed by atoms with Gasteiger partial charge in [0, 0.05) is 18.1 Å². The van der Waals surface area contributed by atoms with Gasteiger partial charge in [-0.05, 0) is 66.6 Å². The van der Waals surface area contributed by atoms with E-state index in [1.807, 2.05) is 60.8 Å². The average molecular weight is 550 g/mol. The summed E-state index contributed by atoms with van der Waals surface area (Å²) in [6.07, 6.45) is 1.93. The Balaban J connectivity index is 1.50. The van der Waals surface area contributed by atoms with Crippen molar-refractivity contribution in [1.29, 1.82) is 0 Å². The number of thiazole rings is 1. The van der Waals surface area contributed by atoms with Crippen LogP contribution in [0.15, 0.2) is 77.1 Å². The van der Waals surface area contributed by atoms with Crippen LogP contribution in [0.2, 0.25) is 0 Å². The van der Waals surface area contributed by atoms with Gasteiger partial charge in [-0.3, -0.25) is 4.79 Å². The van der Waals surface area contributed by atoms with Crippen molar-refractivity contribution >= 4 is 32.5 Å². The zero-order valence-electron chi connectivity index (χ0n) is 21.8. The van der Waals surface area contributed by atoms with E-state index in [0.29, 0.717) is 17.7 Å². The quantitative estimate of drug-likeness (QED) is 0.257. The van der Waals surface area contributed by atoms with Gasteiger partial charge in [0.25, 0.3) is 0 Å². The normalized spacial score (nSPS) is 12.2. The average Bonchev–Trinajstić information content (AvgIpc) is 3.40. The van der Waals surface area contributed by atoms with E-state index in [-0.39, 0.29) is 11.3 Å². The van der Waals surface area contributed by atoms with E-state index in [4.69, 9.17) is 4.74 Å². The molecule has 0 aliphatic heterocycles. The standard InChI is InChI=1S/C29H31N3O4S2/c1-19-14-20(2)27(21(3)15-19)38(34,35)32-26(28(33)36-4)17-22-8-10-24(11-9-22)25-7-5-6-23(16-25)18-31-29-30-12-13-37-29/h5-16,26,32H,17-18H2,1-4H3,(H,30,31). The third-order valence-electron chi connectivity index (χ3n) is 6.19. The van der Waals surface area contributed by atoms with E-state index in [0.717, 1.165) is 32.9 Å². The summed E-state index contributed by atoms with van der Waals surface area (Å²) in [5.41, 5.74) is 6.26. The van der Waals surface area contributed by atoms with Crippen molar-refractivity contribution in [2.24, 2.45) is 0 Å². The molecule has 0 aliphatic rings. The molecule has 7 nitrogen and oxygen atoms in total. The van der Waals surface area contributed by atoms with E-state index in [1.165, 1.54) is 7.11 Å². The summed E-state index contributed by atoms with van der Waals surface area (Å²) in [6.45, 7) is 6.09. The van der Waals surface area contributed by atoms with Gasteiger partial charge < -0.3 is 10.1 Å². The Morgan fingerprint density at radius 1 is 0.974 bits per heavy atom. The van der Waals surface area contributed by atoms with Crippen molar-refractivity contribution in [2.45, 2.75) is 44.7 Å². The molecule has 0 spiro atoms. The highest BCUT2D eigenvalue weighted by molar-refractivity contribution is 7.89. The zero-order chi connectivity index (χ0) is 27.3. The summed E-state index contributed by atoms with van der Waals surface area (Å²) in [5, 5.41) is 6.12. The molecule has 1 atom stereocenters. The second-order valence-electron chi connectivity index (χ2n) is 9.22. The summed E-state index contributed by atoms with van der Waals surface area (Å²) in [5.74, 6) is -0.638. The van der Waals surface area contributed by atoms with Crippen LogP contribution in [0, 0.1) is 20.8 Å². The van der Waals surface area contributed by atoms with E-state index in [1.54, 1.807) is 31.4 Å². The van der Waals surface area contributed by atoms with Crippen LogP contribution in [0.5, 0.6) is 0 Å². The maximum Gasteiger partial charge on any atom is 0.324 e. The molecule has 1 aromatic heterocycles. The molecule has 1 unspecified atom stereocenters. The number of anilines is 1. The fourth-order valence-corrected chi connectivity index (χ4v) is 6.74. The molecule has 38 heavy (non-hydrogen) atoms. The van der Waals surface area contributed by atoms with Crippen LogP contribution in [0.25, 0.3) is 11.1 Å². The van der Waals surface area contributed by atoms with Gasteiger partial charge in [-0.2, -0.15) is 4.72 Å². The largest absolute Gasteiger partial charge is 0.468 e. The number of esters is 1. The van der Waals surface area contributed by atoms with Gasteiger partial charge in [0.1, 0.15) is 6.04 Å². The Morgan fingerprint density at radius 3 is 2.32 bits per heavy atom. The minimum absolute atomic E-state index is 0.161. The lowest BCUT2D eigenvalue weighted by Crippen LogP contribution is -2.43. The lowest BCUT2D eigenvalue weighted by Gasteiger charge is -2.19. The van der Waals surface area contributed by atoms with Crippen LogP contribution in [-0.4, -0.2) is 32.5 Å². The number of rotatable bonds is 10. The Hall–Kier alpha value is -3.53. The number of hydrogen-bond acceptors (Lipinski definition) is 7. The van der Waals surface area contributed by atoms with Gasteiger partial charge in [0.05, 0.1) is 12.0 Å². The van der Waals surface area contributed by atoms with E-state index >= 15 is 0 Å². The first-order valence-electron chi connectivity index (χ1n) is 12.2. The number of methoxy groups -OCH3 is 1. The Morgan fingerprint density at radius 2 is 1.68 bits per heavy atom. The maximum atomic E-state index is 13.3. The molecule has 3 aromatic carbocycles. The number of benzene rings is 3. The highest BCUT2D eigenvalue weighted by Gasteiger charge is 2.29. The predicted molar refractivity (Wildman–Crippen MR) is 152 cm³/mol. The molecule has 0 radical (unpaired) electrons. The molecule has 0 amide bonds. The zero-order valence-corrected chi connectivity index (χ0v) is 23.4. The summed E-state index contributed by atoms with van der Waals surface area (Å²) in [4.78, 5) is 17.0. The minimum atomic E-state index is -3.95. The van der Waals surface area contributed by atoms with Crippen LogP contribution in [-0.2, 0) is 32.5 Å². The van der Waals surface area contributed by atoms with Crippen molar-refractivity contribution < 1.29 is 17.9 Å². The number of aromatic nitrogens is 1. The lowest BCUT2D eigenvalue weighted by atomic mass is 9.99. The minimum Gasteiger partial charge on any atom is -0.468 e. The van der Waals surface area contributed by atoms with Crippen molar-refractivity contribution in [2.75, 3.05) is 12.4 Å². The van der Waals surface area contributed by atoms with E-state index < -0.39 is 22.0 Å². The Kier molecular flexibility index (Phi) is 8.61. The van der Waals surface area contributed by atoms with Crippen LogP contribution in [0.3, 0.4) is 0 Å². The molecular formula is C29H31N3O4S2. The van der Waals surface area contributed by atoms with Gasteiger partial charge in [0.15, 0.2) is 5.13 Å². The molecule has 0 saturated heterocycles. The number of aryl methyl sites for hydroxylation is 3. The Bertz CT molecular complexity index is 1490. The van der Waals surface area contributed by atoms with Crippen LogP contribution in [0.1, 0.15) is 27.8 Å². The molecule has 0 fully saturated rings. The molecule has 0 saturated carbocycles. The molecule has 4 aromatic rings. The second kappa shape index (κ2) is 11.9. The molecule has 2 N–H and O–H groups in total. The number of carbonyl (C=O) groups excluding carboxylic acids is 1. The van der Waals surface area contributed by atoms with Gasteiger partial charge in [-0.1, -0.05) is 60.2 Å². The molecule has 4 rings (SSSR count). The highest BCUT2D eigenvalue weighted by Crippen LogP contribution is 2.24. The molecule has 198 valence electrons. The number of ether oxygens (including phenoxy) is 1. The fourth-order valence-electron chi connectivity index (χ4n) is 4.57. The van der Waals surface area contributed by atoms with Gasteiger partial charge in [-0.15, -0.1) is 11.3 Å². The molecule has 0 aliphatic carbocycles. The fraction of sp³-hybridized carbons (Fsp3) is 0.241. The van der Waals surface area contributed by atoms with Crippen molar-refractivity contribution in [3.8, 4) is 11.1 Å². The number of nitrogens with zero attached hydrogens (tertiary/aromatic N) is 1. The maximum absolute atomic E-state index is 13.3. The summed E-state index contributed by atoms with van der Waals surface area (Å²) in [6, 6.07) is 18.6. The van der Waals surface area contributed by atoms with Gasteiger partial charge in [0.2, 0.25) is 10.0 Å². The smallest absolute Gasteiger partial charge is 0.324 e. The lowest BCUT2D eigenvalue weighted by molar-refractivity contribution is -0.142. The highest BCUT2D eigenvalue weighted by atomic mass is 32.2. The summed E-state index contributed by atoms with van der Waals surface area (Å²) < 4.78 is 34.1. The first-order chi connectivity index (χ1) is 18.2. The number of carbonyl (C=O) groups is 1. The monoisotopic (exact) mass is 549 g/mol. The second-order valence-corrected chi connectivity index (χ2v) is 11.8. The molecular weight excluding hydrogens is 518 g/mol. The summed E-state index contributed by atoms with van der Waals surface area (Å²) >= 11 is 1.56. The third-order valence-corrected chi connectivity index (χ3v) is 8.69. The van der Waals surface area contributed by atoms with Crippen LogP contribution >= 0.6 is 11.3 Å². The van der Waals surface area contributed by atoms with E-state index in [9.17, 15) is 13.2 Å². The number of sulfonamides is 1. The topological polar surface area (TPSA) is 97.4 Å². The third kappa shape index (κ3) is 6.66. The first-order valence-corrected chi connectivity index (χ1v) is 14.5. The van der Waals surface area contributed by atoms with Gasteiger partial charge in [-0.25, -0.2) is 13.4 Å². The predicted octanol–water partition coefficient (Wildman–Crippen LogP) is 5.41. The van der Waals surface area contributed by atoms with Crippen molar-refractivity contribution in [1.82, 2.24) is 9.71 Å². The van der Waals surface area contributed by atoms with Crippen LogP contribution < -0.4 is 10.0 Å². The van der Waals surface area contributed by atoms with E-state index in [2.05, 4.69) is 27.2 Å². The Labute approximate surface area is 228 Å². The first kappa shape index (κ1) is 27.5. The molecule has 1 heterocycles. The van der Waals surface area contributed by atoms with Crippen molar-refractivity contribution in [3.63, 3.8) is 0 Å². The number of hydrogen-bond donors (Lipinski definition) is 2. The SMILES string of the molecule is COC(=O)C(Cc1ccc(-c2cccc(CNc3nccs3)c2)cc1)NS(=O)(=O)c1c(C)cc(C)cc1C. The molecule has 0 bridgehead atoms. The number of nitrogens with one attached hydrogen (secondary N) is 2. The van der Waals surface area contributed by atoms with Gasteiger partial charge >= 0.3 is 5.97 Å².